The van der Waals surface area contributed by atoms with E-state index in [2.05, 4.69) is 10.3 Å². The molecule has 2 amide bonds. The van der Waals surface area contributed by atoms with E-state index in [1.54, 1.807) is 41.2 Å². The number of aromatic nitrogens is 1. The molecule has 23 heavy (non-hydrogen) atoms. The van der Waals surface area contributed by atoms with Crippen molar-refractivity contribution in [2.24, 2.45) is 0 Å². The van der Waals surface area contributed by atoms with Crippen molar-refractivity contribution >= 4 is 34.9 Å². The molecule has 0 saturated carbocycles. The van der Waals surface area contributed by atoms with Crippen molar-refractivity contribution in [3.8, 4) is 0 Å². The number of para-hydroxylation sites is 2. The van der Waals surface area contributed by atoms with Crippen molar-refractivity contribution in [3.05, 3.63) is 73.1 Å². The van der Waals surface area contributed by atoms with Gasteiger partial charge >= 0.3 is 6.03 Å². The smallest absolute Gasteiger partial charge is 0.307 e. The van der Waals surface area contributed by atoms with Gasteiger partial charge in [0.1, 0.15) is 0 Å². The fourth-order valence-electron chi connectivity index (χ4n) is 2.54. The third kappa shape index (κ3) is 2.55. The predicted octanol–water partition coefficient (Wildman–Crippen LogP) is 4.92. The molecule has 2 heterocycles. The first kappa shape index (κ1) is 13.8. The van der Waals surface area contributed by atoms with Gasteiger partial charge in [0.2, 0.25) is 0 Å². The number of nitrogens with zero attached hydrogens (tertiary/aromatic N) is 2. The third-order valence-electron chi connectivity index (χ3n) is 3.57. The van der Waals surface area contributed by atoms with Crippen molar-refractivity contribution in [1.82, 2.24) is 4.98 Å². The van der Waals surface area contributed by atoms with Crippen LogP contribution in [-0.4, -0.2) is 11.0 Å². The van der Waals surface area contributed by atoms with Gasteiger partial charge < -0.3 is 5.32 Å². The average Bonchev–Trinajstić information content (AvgIpc) is 2.60. The first-order valence-electron chi connectivity index (χ1n) is 7.20. The number of rotatable bonds is 1. The van der Waals surface area contributed by atoms with Crippen LogP contribution in [0.4, 0.5) is 21.9 Å². The second kappa shape index (κ2) is 5.78. The monoisotopic (exact) mass is 319 g/mol. The molecule has 0 atom stereocenters. The Kier molecular flexibility index (Phi) is 3.48. The van der Waals surface area contributed by atoms with E-state index in [1.165, 1.54) is 0 Å². The van der Waals surface area contributed by atoms with E-state index < -0.39 is 0 Å². The van der Waals surface area contributed by atoms with Gasteiger partial charge in [-0.1, -0.05) is 36.0 Å². The van der Waals surface area contributed by atoms with Crippen LogP contribution in [0.3, 0.4) is 0 Å². The van der Waals surface area contributed by atoms with Gasteiger partial charge in [0.25, 0.3) is 0 Å². The average molecular weight is 319 g/mol. The quantitative estimate of drug-likeness (QED) is 0.692. The van der Waals surface area contributed by atoms with Gasteiger partial charge in [0.05, 0.1) is 11.4 Å². The topological polar surface area (TPSA) is 45.2 Å². The van der Waals surface area contributed by atoms with E-state index in [1.807, 2.05) is 48.5 Å². The van der Waals surface area contributed by atoms with Gasteiger partial charge in [-0.15, -0.1) is 0 Å². The Morgan fingerprint density at radius 2 is 1.43 bits per heavy atom. The molecule has 1 aliphatic heterocycles. The molecule has 5 heteroatoms. The molecule has 4 rings (SSSR count). The van der Waals surface area contributed by atoms with E-state index >= 15 is 0 Å². The normalized spacial score (nSPS) is 12.3. The molecular weight excluding hydrogens is 306 g/mol. The Hall–Kier alpha value is -2.79. The summed E-state index contributed by atoms with van der Waals surface area (Å²) in [5.74, 6) is 0. The highest BCUT2D eigenvalue weighted by Crippen LogP contribution is 2.47. The minimum Gasteiger partial charge on any atom is -0.307 e. The lowest BCUT2D eigenvalue weighted by atomic mass is 10.2. The standard InChI is InChI=1S/C18H13N3OS/c22-18(20-13-9-11-19-12-10-13)21-14-5-1-3-7-16(14)23-17-8-4-2-6-15(17)21/h1-12H,(H,19,20,22). The van der Waals surface area contributed by atoms with Gasteiger partial charge in [0.15, 0.2) is 0 Å². The Bertz CT molecular complexity index is 821. The van der Waals surface area contributed by atoms with Crippen LogP contribution < -0.4 is 10.2 Å². The number of benzene rings is 2. The molecule has 0 aliphatic carbocycles. The number of carbonyl (C=O) groups excluding carboxylic acids is 1. The minimum atomic E-state index is -0.184. The fraction of sp³-hybridized carbons (Fsp3) is 0. The molecule has 3 aromatic rings. The Morgan fingerprint density at radius 3 is 2.04 bits per heavy atom. The van der Waals surface area contributed by atoms with Crippen LogP contribution in [0.15, 0.2) is 82.8 Å². The summed E-state index contributed by atoms with van der Waals surface area (Å²) in [6.45, 7) is 0. The number of anilines is 3. The number of hydrogen-bond acceptors (Lipinski definition) is 3. The fourth-order valence-corrected chi connectivity index (χ4v) is 3.60. The lowest BCUT2D eigenvalue weighted by Gasteiger charge is -2.30. The molecule has 0 fully saturated rings. The Morgan fingerprint density at radius 1 is 0.870 bits per heavy atom. The number of pyridine rings is 1. The highest BCUT2D eigenvalue weighted by atomic mass is 32.2. The van der Waals surface area contributed by atoms with Crippen LogP contribution in [0.5, 0.6) is 0 Å². The van der Waals surface area contributed by atoms with Crippen molar-refractivity contribution in [2.75, 3.05) is 10.2 Å². The molecule has 0 saturated heterocycles. The highest BCUT2D eigenvalue weighted by molar-refractivity contribution is 7.99. The molecule has 1 aliphatic rings. The summed E-state index contributed by atoms with van der Waals surface area (Å²) in [7, 11) is 0. The second-order valence-corrected chi connectivity index (χ2v) is 6.12. The summed E-state index contributed by atoms with van der Waals surface area (Å²) >= 11 is 1.68. The van der Waals surface area contributed by atoms with Crippen molar-refractivity contribution in [1.29, 1.82) is 0 Å². The zero-order valence-electron chi connectivity index (χ0n) is 12.1. The van der Waals surface area contributed by atoms with Gasteiger partial charge in [-0.3, -0.25) is 9.88 Å². The maximum atomic E-state index is 12.9. The molecule has 112 valence electrons. The number of urea groups is 1. The number of nitrogens with one attached hydrogen (secondary N) is 1. The van der Waals surface area contributed by atoms with Crippen LogP contribution in [0.2, 0.25) is 0 Å². The second-order valence-electron chi connectivity index (χ2n) is 5.04. The molecule has 0 bridgehead atoms. The van der Waals surface area contributed by atoms with Crippen LogP contribution in [0.1, 0.15) is 0 Å². The maximum Gasteiger partial charge on any atom is 0.331 e. The molecule has 1 N–H and O–H groups in total. The molecule has 0 spiro atoms. The number of fused-ring (bicyclic) bond motifs is 2. The number of amides is 2. The van der Waals surface area contributed by atoms with E-state index in [0.717, 1.165) is 26.9 Å². The molecule has 0 radical (unpaired) electrons. The Labute approximate surface area is 138 Å². The SMILES string of the molecule is O=C(Nc1ccncc1)N1c2ccccc2Sc2ccccc21. The zero-order chi connectivity index (χ0) is 15.6. The molecule has 2 aromatic carbocycles. The van der Waals surface area contributed by atoms with E-state index in [4.69, 9.17) is 0 Å². The maximum absolute atomic E-state index is 12.9. The van der Waals surface area contributed by atoms with Gasteiger partial charge in [-0.05, 0) is 36.4 Å². The number of hydrogen-bond donors (Lipinski definition) is 1. The molecule has 0 unspecified atom stereocenters. The van der Waals surface area contributed by atoms with Gasteiger partial charge in [-0.2, -0.15) is 0 Å². The molecular formula is C18H13N3OS. The third-order valence-corrected chi connectivity index (χ3v) is 4.70. The lowest BCUT2D eigenvalue weighted by Crippen LogP contribution is -2.32. The number of carbonyl (C=O) groups is 1. The summed E-state index contributed by atoms with van der Waals surface area (Å²) < 4.78 is 0. The van der Waals surface area contributed by atoms with E-state index in [0.29, 0.717) is 0 Å². The zero-order valence-corrected chi connectivity index (χ0v) is 13.0. The Balaban J connectivity index is 1.77. The van der Waals surface area contributed by atoms with Gasteiger partial charge in [0, 0.05) is 27.9 Å². The summed E-state index contributed by atoms with van der Waals surface area (Å²) in [6, 6.07) is 19.2. The predicted molar refractivity (Wildman–Crippen MR) is 92.4 cm³/mol. The van der Waals surface area contributed by atoms with E-state index in [-0.39, 0.29) is 6.03 Å². The summed E-state index contributed by atoms with van der Waals surface area (Å²) in [5, 5.41) is 2.93. The van der Waals surface area contributed by atoms with Crippen molar-refractivity contribution < 1.29 is 4.79 Å². The highest BCUT2D eigenvalue weighted by Gasteiger charge is 2.27. The molecule has 1 aromatic heterocycles. The van der Waals surface area contributed by atoms with Crippen LogP contribution in [0.25, 0.3) is 0 Å². The molecule has 4 nitrogen and oxygen atoms in total. The lowest BCUT2D eigenvalue weighted by molar-refractivity contribution is 0.259. The summed E-state index contributed by atoms with van der Waals surface area (Å²) in [4.78, 5) is 20.7. The first-order chi connectivity index (χ1) is 11.3. The largest absolute Gasteiger partial charge is 0.331 e. The van der Waals surface area contributed by atoms with E-state index in [9.17, 15) is 4.79 Å². The first-order valence-corrected chi connectivity index (χ1v) is 8.01. The summed E-state index contributed by atoms with van der Waals surface area (Å²) in [6.07, 6.45) is 3.31. The van der Waals surface area contributed by atoms with Crippen LogP contribution in [0, 0.1) is 0 Å². The summed E-state index contributed by atoms with van der Waals surface area (Å²) in [5.41, 5.74) is 2.50. The van der Waals surface area contributed by atoms with Crippen LogP contribution >= 0.6 is 11.8 Å². The van der Waals surface area contributed by atoms with Crippen molar-refractivity contribution in [3.63, 3.8) is 0 Å². The minimum absolute atomic E-state index is 0.184. The van der Waals surface area contributed by atoms with Crippen LogP contribution in [-0.2, 0) is 0 Å². The van der Waals surface area contributed by atoms with Crippen molar-refractivity contribution in [2.45, 2.75) is 9.79 Å². The van der Waals surface area contributed by atoms with Gasteiger partial charge in [-0.25, -0.2) is 4.79 Å².